The topological polar surface area (TPSA) is 51.4 Å². The molecular formula is C19H15F4N3O2. The van der Waals surface area contributed by atoms with Crippen LogP contribution in [0.4, 0.5) is 23.2 Å². The lowest BCUT2D eigenvalue weighted by atomic mass is 10.0. The molecule has 0 aliphatic carbocycles. The van der Waals surface area contributed by atoms with E-state index in [0.717, 1.165) is 17.7 Å². The summed E-state index contributed by atoms with van der Waals surface area (Å²) in [5.74, 6) is 0.0516. The number of nitrogens with zero attached hydrogens (tertiary/aromatic N) is 3. The number of halogens is 4. The maximum atomic E-state index is 13.0. The van der Waals surface area contributed by atoms with E-state index in [0.29, 0.717) is 31.0 Å². The Morgan fingerprint density at radius 2 is 1.86 bits per heavy atom. The normalized spacial score (nSPS) is 14.1. The van der Waals surface area contributed by atoms with Crippen molar-refractivity contribution in [3.05, 3.63) is 59.7 Å². The van der Waals surface area contributed by atoms with E-state index in [1.807, 2.05) is 4.90 Å². The molecule has 0 saturated heterocycles. The van der Waals surface area contributed by atoms with E-state index in [1.54, 1.807) is 18.2 Å². The van der Waals surface area contributed by atoms with Crippen molar-refractivity contribution in [1.82, 2.24) is 10.2 Å². The van der Waals surface area contributed by atoms with E-state index >= 15 is 0 Å². The molecule has 0 spiro atoms. The van der Waals surface area contributed by atoms with Crippen LogP contribution >= 0.6 is 0 Å². The Morgan fingerprint density at radius 3 is 2.61 bits per heavy atom. The number of aromatic nitrogens is 2. The number of rotatable bonds is 4. The lowest BCUT2D eigenvalue weighted by Crippen LogP contribution is -2.29. The van der Waals surface area contributed by atoms with Crippen molar-refractivity contribution in [3.63, 3.8) is 0 Å². The molecule has 1 aliphatic heterocycles. The van der Waals surface area contributed by atoms with Crippen molar-refractivity contribution >= 4 is 5.69 Å². The summed E-state index contributed by atoms with van der Waals surface area (Å²) in [6.45, 7) is 1.03. The predicted octanol–water partition coefficient (Wildman–Crippen LogP) is 4.73. The first-order chi connectivity index (χ1) is 13.4. The van der Waals surface area contributed by atoms with Crippen molar-refractivity contribution in [3.8, 4) is 17.2 Å². The first kappa shape index (κ1) is 18.3. The molecule has 0 bridgehead atoms. The molecule has 9 heteroatoms. The molecule has 2 heterocycles. The molecule has 0 saturated carbocycles. The highest BCUT2D eigenvalue weighted by Gasteiger charge is 2.31. The number of ether oxygens (including phenoxy) is 1. The zero-order valence-electron chi connectivity index (χ0n) is 14.5. The molecule has 1 aliphatic rings. The van der Waals surface area contributed by atoms with Gasteiger partial charge in [-0.25, -0.2) is 4.39 Å². The van der Waals surface area contributed by atoms with Crippen molar-refractivity contribution < 1.29 is 26.7 Å². The first-order valence-corrected chi connectivity index (χ1v) is 8.59. The lowest BCUT2D eigenvalue weighted by molar-refractivity contribution is -0.274. The molecule has 0 N–H and O–H groups in total. The van der Waals surface area contributed by atoms with E-state index in [9.17, 15) is 17.6 Å². The Kier molecular flexibility index (Phi) is 4.66. The summed E-state index contributed by atoms with van der Waals surface area (Å²) >= 11 is 0. The van der Waals surface area contributed by atoms with Crippen LogP contribution in [0.25, 0.3) is 11.5 Å². The third-order valence-electron chi connectivity index (χ3n) is 4.38. The molecule has 4 rings (SSSR count). The van der Waals surface area contributed by atoms with Crippen molar-refractivity contribution in [1.29, 1.82) is 0 Å². The second-order valence-corrected chi connectivity index (χ2v) is 6.37. The maximum absolute atomic E-state index is 13.0. The summed E-state index contributed by atoms with van der Waals surface area (Å²) in [5, 5.41) is 8.00. The van der Waals surface area contributed by atoms with Crippen LogP contribution < -0.4 is 9.64 Å². The van der Waals surface area contributed by atoms with E-state index < -0.39 is 6.36 Å². The Morgan fingerprint density at radius 1 is 1.07 bits per heavy atom. The van der Waals surface area contributed by atoms with E-state index in [-0.39, 0.29) is 17.5 Å². The molecule has 5 nitrogen and oxygen atoms in total. The standard InChI is InChI=1S/C19H15F4N3O2/c20-14-5-3-12(4-6-14)18-25-24-17(27-18)11-26-9-1-2-13-10-15(7-8-16(13)26)28-19(21,22)23/h3-8,10H,1-2,9,11H2. The van der Waals surface area contributed by atoms with Crippen molar-refractivity contribution in [2.75, 3.05) is 11.4 Å². The zero-order valence-corrected chi connectivity index (χ0v) is 14.5. The summed E-state index contributed by atoms with van der Waals surface area (Å²) in [5.41, 5.74) is 2.18. The average molecular weight is 393 g/mol. The molecule has 2 aromatic carbocycles. The molecule has 1 aromatic heterocycles. The zero-order chi connectivity index (χ0) is 19.7. The molecule has 0 amide bonds. The highest BCUT2D eigenvalue weighted by Crippen LogP contribution is 2.33. The molecule has 3 aromatic rings. The van der Waals surface area contributed by atoms with Gasteiger partial charge in [-0.15, -0.1) is 23.4 Å². The Balaban J connectivity index is 1.52. The van der Waals surface area contributed by atoms with Crippen LogP contribution in [-0.4, -0.2) is 23.1 Å². The van der Waals surface area contributed by atoms with Gasteiger partial charge in [0.15, 0.2) is 0 Å². The minimum Gasteiger partial charge on any atom is -0.419 e. The average Bonchev–Trinajstić information content (AvgIpc) is 3.09. The van der Waals surface area contributed by atoms with Gasteiger partial charge in [0.1, 0.15) is 11.6 Å². The fourth-order valence-corrected chi connectivity index (χ4v) is 3.20. The van der Waals surface area contributed by atoms with Crippen molar-refractivity contribution in [2.45, 2.75) is 25.7 Å². The third-order valence-corrected chi connectivity index (χ3v) is 4.38. The van der Waals surface area contributed by atoms with Crippen LogP contribution in [0.1, 0.15) is 17.9 Å². The van der Waals surface area contributed by atoms with Gasteiger partial charge in [-0.1, -0.05) is 0 Å². The van der Waals surface area contributed by atoms with Crippen LogP contribution in [0.2, 0.25) is 0 Å². The second-order valence-electron chi connectivity index (χ2n) is 6.37. The predicted molar refractivity (Wildman–Crippen MR) is 92.2 cm³/mol. The highest BCUT2D eigenvalue weighted by atomic mass is 19.4. The van der Waals surface area contributed by atoms with Gasteiger partial charge in [0.25, 0.3) is 0 Å². The molecular weight excluding hydrogens is 378 g/mol. The Bertz CT molecular complexity index is 970. The van der Waals surface area contributed by atoms with Gasteiger partial charge < -0.3 is 14.1 Å². The first-order valence-electron chi connectivity index (χ1n) is 8.59. The number of hydrogen-bond donors (Lipinski definition) is 0. The van der Waals surface area contributed by atoms with Crippen LogP contribution in [-0.2, 0) is 13.0 Å². The van der Waals surface area contributed by atoms with Crippen LogP contribution in [0.15, 0.2) is 46.9 Å². The second kappa shape index (κ2) is 7.14. The summed E-state index contributed by atoms with van der Waals surface area (Å²) in [6, 6.07) is 10.0. The Labute approximate surface area is 157 Å². The molecule has 0 fully saturated rings. The molecule has 0 unspecified atom stereocenters. The summed E-state index contributed by atoms with van der Waals surface area (Å²) in [6.07, 6.45) is -3.28. The van der Waals surface area contributed by atoms with E-state index in [2.05, 4.69) is 14.9 Å². The summed E-state index contributed by atoms with van der Waals surface area (Å²) in [4.78, 5) is 1.97. The van der Waals surface area contributed by atoms with Crippen LogP contribution in [0, 0.1) is 5.82 Å². The minimum absolute atomic E-state index is 0.232. The third kappa shape index (κ3) is 4.08. The number of benzene rings is 2. The largest absolute Gasteiger partial charge is 0.573 e. The van der Waals surface area contributed by atoms with Gasteiger partial charge in [0, 0.05) is 17.8 Å². The molecule has 28 heavy (non-hydrogen) atoms. The van der Waals surface area contributed by atoms with Crippen LogP contribution in [0.3, 0.4) is 0 Å². The van der Waals surface area contributed by atoms with Gasteiger partial charge >= 0.3 is 6.36 Å². The Hall–Kier alpha value is -3.10. The van der Waals surface area contributed by atoms with Gasteiger partial charge in [-0.2, -0.15) is 0 Å². The van der Waals surface area contributed by atoms with E-state index in [4.69, 9.17) is 4.42 Å². The summed E-state index contributed by atoms with van der Waals surface area (Å²) in [7, 11) is 0. The lowest BCUT2D eigenvalue weighted by Gasteiger charge is -2.30. The number of aryl methyl sites for hydroxylation is 1. The maximum Gasteiger partial charge on any atom is 0.573 e. The van der Waals surface area contributed by atoms with Gasteiger partial charge in [-0.05, 0) is 60.9 Å². The molecule has 0 atom stereocenters. The summed E-state index contributed by atoms with van der Waals surface area (Å²) < 4.78 is 59.9. The SMILES string of the molecule is Fc1ccc(-c2nnc(CN3CCCc4cc(OC(F)(F)F)ccc43)o2)cc1. The highest BCUT2D eigenvalue weighted by molar-refractivity contribution is 5.58. The van der Waals surface area contributed by atoms with Crippen molar-refractivity contribution in [2.24, 2.45) is 0 Å². The smallest absolute Gasteiger partial charge is 0.419 e. The van der Waals surface area contributed by atoms with Gasteiger partial charge in [0.2, 0.25) is 11.8 Å². The van der Waals surface area contributed by atoms with Gasteiger partial charge in [-0.3, -0.25) is 0 Å². The fraction of sp³-hybridized carbons (Fsp3) is 0.263. The number of hydrogen-bond acceptors (Lipinski definition) is 5. The molecule has 0 radical (unpaired) electrons. The van der Waals surface area contributed by atoms with E-state index in [1.165, 1.54) is 24.3 Å². The fourth-order valence-electron chi connectivity index (χ4n) is 3.20. The number of fused-ring (bicyclic) bond motifs is 1. The number of anilines is 1. The van der Waals surface area contributed by atoms with Crippen LogP contribution in [0.5, 0.6) is 5.75 Å². The monoisotopic (exact) mass is 393 g/mol. The number of alkyl halides is 3. The minimum atomic E-state index is -4.72. The quantitative estimate of drug-likeness (QED) is 0.600. The van der Waals surface area contributed by atoms with Gasteiger partial charge in [0.05, 0.1) is 6.54 Å². The molecule has 146 valence electrons.